The molecule has 2 heterocycles. The third-order valence-electron chi connectivity index (χ3n) is 5.25. The van der Waals surface area contributed by atoms with Gasteiger partial charge in [0.2, 0.25) is 5.89 Å². The summed E-state index contributed by atoms with van der Waals surface area (Å²) in [6, 6.07) is 4.55. The van der Waals surface area contributed by atoms with Crippen LogP contribution in [0.5, 0.6) is 5.75 Å². The summed E-state index contributed by atoms with van der Waals surface area (Å²) in [4.78, 5) is 20.8. The monoisotopic (exact) mass is 446 g/mol. The minimum absolute atomic E-state index is 0.000598. The SMILES string of the molecule is C=C1CC(NC(=O)c2nc(-c3ccc(OC)c4nc(C(F)(F)F)ccc34)oc2[C@H](C)N)C1. The highest BCUT2D eigenvalue weighted by Crippen LogP contribution is 2.37. The molecule has 168 valence electrons. The number of nitrogens with zero attached hydrogens (tertiary/aromatic N) is 2. The van der Waals surface area contributed by atoms with E-state index in [4.69, 9.17) is 14.9 Å². The van der Waals surface area contributed by atoms with Gasteiger partial charge in [0.1, 0.15) is 17.0 Å². The molecule has 3 aromatic rings. The van der Waals surface area contributed by atoms with Gasteiger partial charge in [-0.2, -0.15) is 13.2 Å². The fraction of sp³-hybridized carbons (Fsp3) is 0.318. The number of ether oxygens (including phenoxy) is 1. The first kappa shape index (κ1) is 21.8. The van der Waals surface area contributed by atoms with Gasteiger partial charge in [-0.1, -0.05) is 12.2 Å². The third-order valence-corrected chi connectivity index (χ3v) is 5.25. The van der Waals surface area contributed by atoms with Crippen molar-refractivity contribution in [1.29, 1.82) is 0 Å². The number of pyridine rings is 1. The van der Waals surface area contributed by atoms with E-state index in [2.05, 4.69) is 21.9 Å². The van der Waals surface area contributed by atoms with Crippen molar-refractivity contribution in [3.63, 3.8) is 0 Å². The number of halogens is 3. The maximum absolute atomic E-state index is 13.2. The van der Waals surface area contributed by atoms with Crippen molar-refractivity contribution in [3.8, 4) is 17.2 Å². The second-order valence-electron chi connectivity index (χ2n) is 7.75. The van der Waals surface area contributed by atoms with Crippen LogP contribution in [-0.4, -0.2) is 29.0 Å². The Kier molecular flexibility index (Phi) is 5.41. The van der Waals surface area contributed by atoms with Crippen LogP contribution in [-0.2, 0) is 6.18 Å². The molecule has 1 aromatic carbocycles. The zero-order valence-corrected chi connectivity index (χ0v) is 17.4. The summed E-state index contributed by atoms with van der Waals surface area (Å²) < 4.78 is 50.5. The normalized spacial score (nSPS) is 15.5. The summed E-state index contributed by atoms with van der Waals surface area (Å²) in [5, 5.41) is 3.20. The molecule has 2 aromatic heterocycles. The molecular formula is C22H21F3N4O3. The zero-order valence-electron chi connectivity index (χ0n) is 17.4. The van der Waals surface area contributed by atoms with Gasteiger partial charge in [0.05, 0.1) is 13.2 Å². The number of hydrogen-bond donors (Lipinski definition) is 2. The average molecular weight is 446 g/mol. The number of benzene rings is 1. The molecular weight excluding hydrogens is 425 g/mol. The number of methoxy groups -OCH3 is 1. The van der Waals surface area contributed by atoms with Crippen LogP contribution in [0.4, 0.5) is 13.2 Å². The number of carbonyl (C=O) groups excluding carboxylic acids is 1. The molecule has 1 aliphatic rings. The van der Waals surface area contributed by atoms with Gasteiger partial charge in [0, 0.05) is 17.0 Å². The van der Waals surface area contributed by atoms with Crippen LogP contribution >= 0.6 is 0 Å². The third kappa shape index (κ3) is 3.93. The van der Waals surface area contributed by atoms with Gasteiger partial charge in [-0.15, -0.1) is 0 Å². The summed E-state index contributed by atoms with van der Waals surface area (Å²) >= 11 is 0. The maximum Gasteiger partial charge on any atom is 0.433 e. The molecule has 0 saturated heterocycles. The second kappa shape index (κ2) is 7.94. The predicted molar refractivity (Wildman–Crippen MR) is 111 cm³/mol. The van der Waals surface area contributed by atoms with Crippen molar-refractivity contribution in [2.45, 2.75) is 38.0 Å². The molecule has 0 bridgehead atoms. The van der Waals surface area contributed by atoms with Crippen LogP contribution in [0.3, 0.4) is 0 Å². The molecule has 0 radical (unpaired) electrons. The Balaban J connectivity index is 1.80. The van der Waals surface area contributed by atoms with Gasteiger partial charge >= 0.3 is 6.18 Å². The van der Waals surface area contributed by atoms with Gasteiger partial charge in [-0.05, 0) is 44.0 Å². The number of amides is 1. The molecule has 0 spiro atoms. The summed E-state index contributed by atoms with van der Waals surface area (Å²) in [6.07, 6.45) is -3.22. The summed E-state index contributed by atoms with van der Waals surface area (Å²) in [5.74, 6) is -0.0359. The van der Waals surface area contributed by atoms with Gasteiger partial charge in [-0.25, -0.2) is 9.97 Å². The largest absolute Gasteiger partial charge is 0.494 e. The highest BCUT2D eigenvalue weighted by molar-refractivity contribution is 5.98. The smallest absolute Gasteiger partial charge is 0.433 e. The molecule has 1 amide bonds. The van der Waals surface area contributed by atoms with Gasteiger partial charge < -0.3 is 20.2 Å². The lowest BCUT2D eigenvalue weighted by atomic mass is 9.88. The first-order valence-corrected chi connectivity index (χ1v) is 9.87. The maximum atomic E-state index is 13.2. The van der Waals surface area contributed by atoms with Crippen molar-refractivity contribution < 1.29 is 27.1 Å². The number of nitrogens with one attached hydrogen (secondary N) is 1. The number of hydrogen-bond acceptors (Lipinski definition) is 6. The molecule has 32 heavy (non-hydrogen) atoms. The number of fused-ring (bicyclic) bond motifs is 1. The van der Waals surface area contributed by atoms with E-state index in [-0.39, 0.29) is 34.7 Å². The molecule has 0 aliphatic heterocycles. The predicted octanol–water partition coefficient (Wildman–Crippen LogP) is 4.39. The number of aromatic nitrogens is 2. The van der Waals surface area contributed by atoms with E-state index in [9.17, 15) is 18.0 Å². The van der Waals surface area contributed by atoms with Crippen molar-refractivity contribution in [1.82, 2.24) is 15.3 Å². The average Bonchev–Trinajstić information content (AvgIpc) is 3.16. The van der Waals surface area contributed by atoms with Crippen molar-refractivity contribution >= 4 is 16.8 Å². The highest BCUT2D eigenvalue weighted by atomic mass is 19.4. The minimum Gasteiger partial charge on any atom is -0.494 e. The lowest BCUT2D eigenvalue weighted by Crippen LogP contribution is -2.41. The molecule has 4 rings (SSSR count). The van der Waals surface area contributed by atoms with E-state index in [0.29, 0.717) is 23.8 Å². The Morgan fingerprint density at radius 1 is 1.28 bits per heavy atom. The summed E-state index contributed by atoms with van der Waals surface area (Å²) in [5.41, 5.74) is 6.39. The standard InChI is InChI=1S/C22H21F3N4O3/c1-10-8-12(9-10)27-20(30)18-19(11(2)26)32-21(29-18)14-4-6-15(31-3)17-13(14)5-7-16(28-17)22(23,24)25/h4-7,11-12H,1,8-9,26H2,2-3H3,(H,27,30)/t11-/m0/s1. The number of carbonyl (C=O) groups is 1. The molecule has 3 N–H and O–H groups in total. The van der Waals surface area contributed by atoms with Gasteiger partial charge in [-0.3, -0.25) is 4.79 Å². The fourth-order valence-electron chi connectivity index (χ4n) is 3.61. The molecule has 0 unspecified atom stereocenters. The lowest BCUT2D eigenvalue weighted by molar-refractivity contribution is -0.140. The van der Waals surface area contributed by atoms with Gasteiger partial charge in [0.15, 0.2) is 11.5 Å². The summed E-state index contributed by atoms with van der Waals surface area (Å²) in [6.45, 7) is 5.50. The van der Waals surface area contributed by atoms with E-state index in [0.717, 1.165) is 11.6 Å². The van der Waals surface area contributed by atoms with Crippen LogP contribution < -0.4 is 15.8 Å². The van der Waals surface area contributed by atoms with Crippen molar-refractivity contribution in [2.75, 3.05) is 7.11 Å². The van der Waals surface area contributed by atoms with Crippen LogP contribution in [0.25, 0.3) is 22.4 Å². The number of rotatable bonds is 5. The Morgan fingerprint density at radius 3 is 2.59 bits per heavy atom. The number of nitrogens with two attached hydrogens (primary N) is 1. The molecule has 1 aliphatic carbocycles. The Hall–Kier alpha value is -3.40. The molecule has 7 nitrogen and oxygen atoms in total. The zero-order chi connectivity index (χ0) is 23.2. The quantitative estimate of drug-likeness (QED) is 0.564. The number of oxazole rings is 1. The van der Waals surface area contributed by atoms with E-state index in [1.165, 1.54) is 19.2 Å². The lowest BCUT2D eigenvalue weighted by Gasteiger charge is -2.28. The first-order valence-electron chi connectivity index (χ1n) is 9.87. The van der Waals surface area contributed by atoms with Crippen LogP contribution in [0.15, 0.2) is 40.8 Å². The van der Waals surface area contributed by atoms with Crippen LogP contribution in [0, 0.1) is 0 Å². The minimum atomic E-state index is -4.61. The van der Waals surface area contributed by atoms with Crippen LogP contribution in [0.1, 0.15) is 47.7 Å². The molecule has 10 heteroatoms. The fourth-order valence-corrected chi connectivity index (χ4v) is 3.61. The molecule has 1 atom stereocenters. The van der Waals surface area contributed by atoms with Gasteiger partial charge in [0.25, 0.3) is 5.91 Å². The number of alkyl halides is 3. The van der Waals surface area contributed by atoms with E-state index in [1.807, 2.05) is 0 Å². The molecule has 1 fully saturated rings. The van der Waals surface area contributed by atoms with Crippen molar-refractivity contribution in [2.24, 2.45) is 5.73 Å². The van der Waals surface area contributed by atoms with E-state index < -0.39 is 23.8 Å². The van der Waals surface area contributed by atoms with E-state index >= 15 is 0 Å². The van der Waals surface area contributed by atoms with Crippen LogP contribution in [0.2, 0.25) is 0 Å². The Bertz CT molecular complexity index is 1210. The first-order chi connectivity index (χ1) is 15.1. The topological polar surface area (TPSA) is 103 Å². The summed E-state index contributed by atoms with van der Waals surface area (Å²) in [7, 11) is 1.34. The Labute approximate surface area is 181 Å². The second-order valence-corrected chi connectivity index (χ2v) is 7.75. The Morgan fingerprint density at radius 2 is 2.00 bits per heavy atom. The highest BCUT2D eigenvalue weighted by Gasteiger charge is 2.33. The van der Waals surface area contributed by atoms with Crippen molar-refractivity contribution in [3.05, 3.63) is 53.6 Å². The molecule has 1 saturated carbocycles. The van der Waals surface area contributed by atoms with E-state index in [1.54, 1.807) is 13.0 Å².